The van der Waals surface area contributed by atoms with Crippen LogP contribution in [0.1, 0.15) is 11.1 Å². The number of hydrogen-bond donors (Lipinski definition) is 2. The van der Waals surface area contributed by atoms with Gasteiger partial charge in [-0.1, -0.05) is 48.5 Å². The molecule has 5 nitrogen and oxygen atoms in total. The summed E-state index contributed by atoms with van der Waals surface area (Å²) >= 11 is 0. The van der Waals surface area contributed by atoms with E-state index in [4.69, 9.17) is 10.5 Å². The van der Waals surface area contributed by atoms with Crippen LogP contribution in [0.15, 0.2) is 54.6 Å². The summed E-state index contributed by atoms with van der Waals surface area (Å²) < 4.78 is 5.26. The van der Waals surface area contributed by atoms with Gasteiger partial charge in [0.2, 0.25) is 11.8 Å². The van der Waals surface area contributed by atoms with Crippen molar-refractivity contribution in [3.8, 4) is 5.75 Å². The highest BCUT2D eigenvalue weighted by molar-refractivity contribution is 5.87. The molecule has 2 aromatic rings. The lowest BCUT2D eigenvalue weighted by Crippen LogP contribution is -2.46. The standard InChI is InChI=1S/C18H20N2O3/c1-23-16-10-6-5-9-14(16)12-15(18(19)22)20-17(21)11-13-7-3-2-4-8-13/h2-10,15H,11-12H2,1H3,(H2,19,22)(H,20,21)/t15-/m0/s1. The fraction of sp³-hybridized carbons (Fsp3) is 0.222. The molecule has 2 rings (SSSR count). The van der Waals surface area contributed by atoms with Crippen LogP contribution in [0.2, 0.25) is 0 Å². The minimum absolute atomic E-state index is 0.205. The lowest BCUT2D eigenvalue weighted by atomic mass is 10.0. The molecule has 0 saturated carbocycles. The van der Waals surface area contributed by atoms with Crippen molar-refractivity contribution in [2.45, 2.75) is 18.9 Å². The van der Waals surface area contributed by atoms with Crippen LogP contribution in [-0.2, 0) is 22.4 Å². The van der Waals surface area contributed by atoms with Gasteiger partial charge in [0, 0.05) is 6.42 Å². The van der Waals surface area contributed by atoms with Gasteiger partial charge in [-0.2, -0.15) is 0 Å². The van der Waals surface area contributed by atoms with Crippen molar-refractivity contribution in [2.24, 2.45) is 5.73 Å². The molecule has 0 aliphatic rings. The Bertz CT molecular complexity index is 671. The van der Waals surface area contributed by atoms with Crippen molar-refractivity contribution in [3.05, 3.63) is 65.7 Å². The van der Waals surface area contributed by atoms with E-state index < -0.39 is 11.9 Å². The van der Waals surface area contributed by atoms with E-state index in [1.165, 1.54) is 0 Å². The van der Waals surface area contributed by atoms with Gasteiger partial charge in [-0.3, -0.25) is 9.59 Å². The summed E-state index contributed by atoms with van der Waals surface area (Å²) in [5, 5.41) is 2.70. The topological polar surface area (TPSA) is 81.4 Å². The van der Waals surface area contributed by atoms with Crippen molar-refractivity contribution < 1.29 is 14.3 Å². The summed E-state index contributed by atoms with van der Waals surface area (Å²) in [4.78, 5) is 23.8. The summed E-state index contributed by atoms with van der Waals surface area (Å²) in [7, 11) is 1.56. The van der Waals surface area contributed by atoms with E-state index in [0.717, 1.165) is 11.1 Å². The van der Waals surface area contributed by atoms with Gasteiger partial charge in [0.1, 0.15) is 11.8 Å². The zero-order chi connectivity index (χ0) is 16.7. The van der Waals surface area contributed by atoms with E-state index in [1.54, 1.807) is 13.2 Å². The van der Waals surface area contributed by atoms with Crippen molar-refractivity contribution >= 4 is 11.8 Å². The van der Waals surface area contributed by atoms with Gasteiger partial charge in [-0.25, -0.2) is 0 Å². The minimum atomic E-state index is -0.775. The maximum atomic E-state index is 12.1. The predicted molar refractivity (Wildman–Crippen MR) is 88.0 cm³/mol. The molecule has 0 aliphatic carbocycles. The normalized spacial score (nSPS) is 11.5. The largest absolute Gasteiger partial charge is 0.496 e. The third-order valence-electron chi connectivity index (χ3n) is 3.50. The monoisotopic (exact) mass is 312 g/mol. The summed E-state index contributed by atoms with van der Waals surface area (Å²) in [6, 6.07) is 15.9. The first-order valence-electron chi connectivity index (χ1n) is 7.34. The van der Waals surface area contributed by atoms with Crippen LogP contribution in [0, 0.1) is 0 Å². The summed E-state index contributed by atoms with van der Waals surface area (Å²) in [6.07, 6.45) is 0.496. The minimum Gasteiger partial charge on any atom is -0.496 e. The molecule has 2 aromatic carbocycles. The van der Waals surface area contributed by atoms with Gasteiger partial charge in [0.25, 0.3) is 0 Å². The quantitative estimate of drug-likeness (QED) is 0.812. The molecule has 0 heterocycles. The number of nitrogens with one attached hydrogen (secondary N) is 1. The first-order valence-corrected chi connectivity index (χ1v) is 7.34. The third-order valence-corrected chi connectivity index (χ3v) is 3.50. The number of rotatable bonds is 7. The number of ether oxygens (including phenoxy) is 1. The van der Waals surface area contributed by atoms with Gasteiger partial charge in [-0.15, -0.1) is 0 Å². The summed E-state index contributed by atoms with van der Waals surface area (Å²) in [5.41, 5.74) is 7.12. The van der Waals surface area contributed by atoms with Crippen LogP contribution >= 0.6 is 0 Å². The Labute approximate surface area is 135 Å². The van der Waals surface area contributed by atoms with Crippen LogP contribution < -0.4 is 15.8 Å². The van der Waals surface area contributed by atoms with Crippen molar-refractivity contribution in [2.75, 3.05) is 7.11 Å². The van der Waals surface area contributed by atoms with E-state index in [2.05, 4.69) is 5.32 Å². The number of carbonyl (C=O) groups excluding carboxylic acids is 2. The van der Waals surface area contributed by atoms with Crippen LogP contribution in [0.3, 0.4) is 0 Å². The molecule has 0 aliphatic heterocycles. The number of nitrogens with two attached hydrogens (primary N) is 1. The Morgan fingerprint density at radius 1 is 1.09 bits per heavy atom. The second-order valence-corrected chi connectivity index (χ2v) is 5.20. The van der Waals surface area contributed by atoms with Gasteiger partial charge in [0.15, 0.2) is 0 Å². The Balaban J connectivity index is 2.04. The zero-order valence-electron chi connectivity index (χ0n) is 13.0. The second-order valence-electron chi connectivity index (χ2n) is 5.20. The lowest BCUT2D eigenvalue weighted by molar-refractivity contribution is -0.127. The molecule has 120 valence electrons. The van der Waals surface area contributed by atoms with Crippen LogP contribution in [0.4, 0.5) is 0 Å². The average Bonchev–Trinajstić information content (AvgIpc) is 2.55. The van der Waals surface area contributed by atoms with Crippen LogP contribution in [0.5, 0.6) is 5.75 Å². The van der Waals surface area contributed by atoms with Gasteiger partial charge < -0.3 is 15.8 Å². The molecule has 23 heavy (non-hydrogen) atoms. The fourth-order valence-corrected chi connectivity index (χ4v) is 2.34. The molecule has 0 radical (unpaired) electrons. The Kier molecular flexibility index (Phi) is 5.74. The van der Waals surface area contributed by atoms with E-state index in [0.29, 0.717) is 12.2 Å². The predicted octanol–water partition coefficient (Wildman–Crippen LogP) is 1.45. The third kappa shape index (κ3) is 4.85. The summed E-state index contributed by atoms with van der Waals surface area (Å²) in [5.74, 6) is -0.150. The van der Waals surface area contributed by atoms with E-state index in [9.17, 15) is 9.59 Å². The first kappa shape index (κ1) is 16.5. The van der Waals surface area contributed by atoms with Crippen LogP contribution in [0.25, 0.3) is 0 Å². The van der Waals surface area contributed by atoms with Crippen molar-refractivity contribution in [1.29, 1.82) is 0 Å². The molecule has 5 heteroatoms. The lowest BCUT2D eigenvalue weighted by Gasteiger charge is -2.17. The average molecular weight is 312 g/mol. The van der Waals surface area contributed by atoms with Crippen molar-refractivity contribution in [3.63, 3.8) is 0 Å². The Morgan fingerprint density at radius 2 is 1.74 bits per heavy atom. The molecule has 0 fully saturated rings. The molecule has 1 atom stereocenters. The molecular formula is C18H20N2O3. The van der Waals surface area contributed by atoms with E-state index in [-0.39, 0.29) is 12.3 Å². The van der Waals surface area contributed by atoms with Gasteiger partial charge in [0.05, 0.1) is 13.5 Å². The number of amides is 2. The number of methoxy groups -OCH3 is 1. The maximum Gasteiger partial charge on any atom is 0.240 e. The highest BCUT2D eigenvalue weighted by Crippen LogP contribution is 2.19. The second kappa shape index (κ2) is 7.98. The maximum absolute atomic E-state index is 12.1. The van der Waals surface area contributed by atoms with E-state index >= 15 is 0 Å². The zero-order valence-corrected chi connectivity index (χ0v) is 13.0. The molecule has 0 spiro atoms. The number of carbonyl (C=O) groups is 2. The first-order chi connectivity index (χ1) is 11.1. The SMILES string of the molecule is COc1ccccc1C[C@H](NC(=O)Cc1ccccc1)C(N)=O. The fourth-order valence-electron chi connectivity index (χ4n) is 2.34. The highest BCUT2D eigenvalue weighted by Gasteiger charge is 2.20. The molecule has 2 amide bonds. The van der Waals surface area contributed by atoms with Gasteiger partial charge >= 0.3 is 0 Å². The van der Waals surface area contributed by atoms with Gasteiger partial charge in [-0.05, 0) is 17.2 Å². The smallest absolute Gasteiger partial charge is 0.240 e. The van der Waals surface area contributed by atoms with Crippen molar-refractivity contribution in [1.82, 2.24) is 5.32 Å². The summed E-state index contributed by atoms with van der Waals surface area (Å²) in [6.45, 7) is 0. The Hall–Kier alpha value is -2.82. The number of primary amides is 1. The molecule has 0 bridgehead atoms. The number of benzene rings is 2. The molecular weight excluding hydrogens is 292 g/mol. The van der Waals surface area contributed by atoms with E-state index in [1.807, 2.05) is 48.5 Å². The molecule has 0 unspecified atom stereocenters. The number of hydrogen-bond acceptors (Lipinski definition) is 3. The molecule has 0 aromatic heterocycles. The highest BCUT2D eigenvalue weighted by atomic mass is 16.5. The Morgan fingerprint density at radius 3 is 2.39 bits per heavy atom. The molecule has 3 N–H and O–H groups in total. The van der Waals surface area contributed by atoms with Crippen LogP contribution in [-0.4, -0.2) is 25.0 Å². The number of para-hydroxylation sites is 1. The molecule has 0 saturated heterocycles.